The molecule has 2 aromatic carbocycles. The molecule has 0 radical (unpaired) electrons. The average Bonchev–Trinajstić information content (AvgIpc) is 2.91. The molecule has 0 unspecified atom stereocenters. The van der Waals surface area contributed by atoms with Crippen LogP contribution < -0.4 is 5.73 Å². The SMILES string of the molecule is CCOC(=O)c1ccc2c(c1)ncn2-c1ccc(N)cc1. The molecule has 0 aliphatic rings. The molecule has 0 bridgehead atoms. The van der Waals surface area contributed by atoms with Gasteiger partial charge in [0.05, 0.1) is 23.2 Å². The Hall–Kier alpha value is -2.82. The number of nitrogens with zero attached hydrogens (tertiary/aromatic N) is 2. The van der Waals surface area contributed by atoms with E-state index < -0.39 is 0 Å². The highest BCUT2D eigenvalue weighted by molar-refractivity contribution is 5.94. The third-order valence-corrected chi connectivity index (χ3v) is 3.23. The van der Waals surface area contributed by atoms with Crippen LogP contribution in [-0.2, 0) is 4.74 Å². The van der Waals surface area contributed by atoms with Crippen LogP contribution in [0.15, 0.2) is 48.8 Å². The fourth-order valence-electron chi connectivity index (χ4n) is 2.19. The molecule has 1 aromatic heterocycles. The lowest BCUT2D eigenvalue weighted by Crippen LogP contribution is -2.04. The summed E-state index contributed by atoms with van der Waals surface area (Å²) in [5, 5.41) is 0. The van der Waals surface area contributed by atoms with E-state index in [2.05, 4.69) is 4.98 Å². The zero-order valence-electron chi connectivity index (χ0n) is 11.6. The van der Waals surface area contributed by atoms with Crippen LogP contribution >= 0.6 is 0 Å². The number of nitrogens with two attached hydrogens (primary N) is 1. The van der Waals surface area contributed by atoms with E-state index in [9.17, 15) is 4.79 Å². The van der Waals surface area contributed by atoms with Crippen molar-refractivity contribution >= 4 is 22.7 Å². The van der Waals surface area contributed by atoms with Gasteiger partial charge in [-0.1, -0.05) is 0 Å². The molecule has 0 saturated heterocycles. The van der Waals surface area contributed by atoms with Gasteiger partial charge in [-0.15, -0.1) is 0 Å². The van der Waals surface area contributed by atoms with Crippen LogP contribution in [-0.4, -0.2) is 22.1 Å². The Labute approximate surface area is 122 Å². The topological polar surface area (TPSA) is 70.1 Å². The number of aromatic nitrogens is 2. The van der Waals surface area contributed by atoms with Crippen molar-refractivity contribution in [2.24, 2.45) is 0 Å². The molecule has 106 valence electrons. The first-order chi connectivity index (χ1) is 10.2. The summed E-state index contributed by atoms with van der Waals surface area (Å²) < 4.78 is 6.94. The Morgan fingerprint density at radius 1 is 1.24 bits per heavy atom. The molecule has 5 nitrogen and oxygen atoms in total. The molecule has 0 amide bonds. The molecule has 3 rings (SSSR count). The number of anilines is 1. The van der Waals surface area contributed by atoms with E-state index in [1.807, 2.05) is 34.9 Å². The molecular formula is C16H15N3O2. The van der Waals surface area contributed by atoms with Gasteiger partial charge >= 0.3 is 5.97 Å². The van der Waals surface area contributed by atoms with E-state index in [-0.39, 0.29) is 5.97 Å². The van der Waals surface area contributed by atoms with E-state index in [4.69, 9.17) is 10.5 Å². The number of carbonyl (C=O) groups is 1. The van der Waals surface area contributed by atoms with E-state index >= 15 is 0 Å². The molecule has 0 spiro atoms. The summed E-state index contributed by atoms with van der Waals surface area (Å²) in [4.78, 5) is 16.1. The van der Waals surface area contributed by atoms with Gasteiger partial charge in [0, 0.05) is 11.4 Å². The van der Waals surface area contributed by atoms with Crippen molar-refractivity contribution in [3.8, 4) is 5.69 Å². The second-order valence-electron chi connectivity index (χ2n) is 4.63. The highest BCUT2D eigenvalue weighted by Gasteiger charge is 2.10. The van der Waals surface area contributed by atoms with Gasteiger partial charge in [0.25, 0.3) is 0 Å². The van der Waals surface area contributed by atoms with Crippen molar-refractivity contribution in [1.82, 2.24) is 9.55 Å². The zero-order valence-corrected chi connectivity index (χ0v) is 11.6. The minimum atomic E-state index is -0.332. The van der Waals surface area contributed by atoms with Crippen LogP contribution in [0.3, 0.4) is 0 Å². The van der Waals surface area contributed by atoms with Crippen LogP contribution in [0, 0.1) is 0 Å². The van der Waals surface area contributed by atoms with Crippen LogP contribution in [0.25, 0.3) is 16.7 Å². The maximum atomic E-state index is 11.7. The first kappa shape index (κ1) is 13.2. The van der Waals surface area contributed by atoms with Crippen LogP contribution in [0.2, 0.25) is 0 Å². The molecule has 1 heterocycles. The lowest BCUT2D eigenvalue weighted by molar-refractivity contribution is 0.0526. The first-order valence-electron chi connectivity index (χ1n) is 6.69. The predicted octanol–water partition coefficient (Wildman–Crippen LogP) is 2.78. The van der Waals surface area contributed by atoms with E-state index in [1.54, 1.807) is 25.4 Å². The van der Waals surface area contributed by atoms with E-state index in [0.29, 0.717) is 17.9 Å². The molecular weight excluding hydrogens is 266 g/mol. The van der Waals surface area contributed by atoms with Crippen molar-refractivity contribution < 1.29 is 9.53 Å². The molecule has 0 saturated carbocycles. The third kappa shape index (κ3) is 2.45. The fraction of sp³-hybridized carbons (Fsp3) is 0.125. The summed E-state index contributed by atoms with van der Waals surface area (Å²) in [5.41, 5.74) is 9.56. The molecule has 0 aliphatic heterocycles. The Morgan fingerprint density at radius 3 is 2.71 bits per heavy atom. The maximum absolute atomic E-state index is 11.7. The maximum Gasteiger partial charge on any atom is 0.338 e. The van der Waals surface area contributed by atoms with Crippen LogP contribution in [0.5, 0.6) is 0 Å². The second kappa shape index (κ2) is 5.28. The summed E-state index contributed by atoms with van der Waals surface area (Å²) >= 11 is 0. The standard InChI is InChI=1S/C16H15N3O2/c1-2-21-16(20)11-3-8-15-14(9-11)18-10-19(15)13-6-4-12(17)5-7-13/h3-10H,2,17H2,1H3. The first-order valence-corrected chi connectivity index (χ1v) is 6.69. The monoisotopic (exact) mass is 281 g/mol. The lowest BCUT2D eigenvalue weighted by Gasteiger charge is -2.05. The van der Waals surface area contributed by atoms with E-state index in [1.165, 1.54) is 0 Å². The molecule has 5 heteroatoms. The van der Waals surface area contributed by atoms with Gasteiger partial charge < -0.3 is 10.5 Å². The van der Waals surface area contributed by atoms with Gasteiger partial charge in [-0.2, -0.15) is 0 Å². The highest BCUT2D eigenvalue weighted by atomic mass is 16.5. The molecule has 0 fully saturated rings. The number of esters is 1. The number of carbonyl (C=O) groups excluding carboxylic acids is 1. The Kier molecular flexibility index (Phi) is 3.31. The molecule has 21 heavy (non-hydrogen) atoms. The van der Waals surface area contributed by atoms with Gasteiger partial charge in [0.1, 0.15) is 6.33 Å². The fourth-order valence-corrected chi connectivity index (χ4v) is 2.19. The number of benzene rings is 2. The van der Waals surface area contributed by atoms with Gasteiger partial charge in [-0.25, -0.2) is 9.78 Å². The number of fused-ring (bicyclic) bond motifs is 1. The largest absolute Gasteiger partial charge is 0.462 e. The number of hydrogen-bond acceptors (Lipinski definition) is 4. The summed E-state index contributed by atoms with van der Waals surface area (Å²) in [5.74, 6) is -0.332. The number of hydrogen-bond donors (Lipinski definition) is 1. The number of imidazole rings is 1. The summed E-state index contributed by atoms with van der Waals surface area (Å²) in [6.45, 7) is 2.14. The molecule has 0 atom stereocenters. The molecule has 0 aliphatic carbocycles. The van der Waals surface area contributed by atoms with Gasteiger partial charge in [-0.3, -0.25) is 4.57 Å². The van der Waals surface area contributed by atoms with Crippen molar-refractivity contribution in [1.29, 1.82) is 0 Å². The van der Waals surface area contributed by atoms with Crippen molar-refractivity contribution in [3.63, 3.8) is 0 Å². The molecule has 3 aromatic rings. The van der Waals surface area contributed by atoms with Gasteiger partial charge in [-0.05, 0) is 49.4 Å². The van der Waals surface area contributed by atoms with Crippen molar-refractivity contribution in [2.75, 3.05) is 12.3 Å². The summed E-state index contributed by atoms with van der Waals surface area (Å²) in [7, 11) is 0. The average molecular weight is 281 g/mol. The van der Waals surface area contributed by atoms with Crippen molar-refractivity contribution in [3.05, 3.63) is 54.4 Å². The molecule has 2 N–H and O–H groups in total. The third-order valence-electron chi connectivity index (χ3n) is 3.23. The Bertz CT molecular complexity index is 791. The second-order valence-corrected chi connectivity index (χ2v) is 4.63. The summed E-state index contributed by atoms with van der Waals surface area (Å²) in [6, 6.07) is 12.9. The zero-order chi connectivity index (χ0) is 14.8. The van der Waals surface area contributed by atoms with Gasteiger partial charge in [0.2, 0.25) is 0 Å². The minimum Gasteiger partial charge on any atom is -0.462 e. The Balaban J connectivity index is 2.03. The van der Waals surface area contributed by atoms with Crippen LogP contribution in [0.1, 0.15) is 17.3 Å². The van der Waals surface area contributed by atoms with E-state index in [0.717, 1.165) is 16.7 Å². The normalized spacial score (nSPS) is 10.7. The summed E-state index contributed by atoms with van der Waals surface area (Å²) in [6.07, 6.45) is 1.73. The number of rotatable bonds is 3. The quantitative estimate of drug-likeness (QED) is 0.592. The van der Waals surface area contributed by atoms with Crippen molar-refractivity contribution in [2.45, 2.75) is 6.92 Å². The lowest BCUT2D eigenvalue weighted by atomic mass is 10.2. The number of ether oxygens (including phenoxy) is 1. The van der Waals surface area contributed by atoms with Crippen LogP contribution in [0.4, 0.5) is 5.69 Å². The number of nitrogen functional groups attached to an aromatic ring is 1. The van der Waals surface area contributed by atoms with Gasteiger partial charge in [0.15, 0.2) is 0 Å². The predicted molar refractivity (Wildman–Crippen MR) is 81.4 cm³/mol. The Morgan fingerprint density at radius 2 is 2.00 bits per heavy atom. The smallest absolute Gasteiger partial charge is 0.338 e. The minimum absolute atomic E-state index is 0.332. The highest BCUT2D eigenvalue weighted by Crippen LogP contribution is 2.20.